The van der Waals surface area contributed by atoms with Crippen LogP contribution < -0.4 is 14.4 Å². The third-order valence-corrected chi connectivity index (χ3v) is 9.14. The van der Waals surface area contributed by atoms with Crippen molar-refractivity contribution < 1.29 is 27.1 Å². The first-order valence-corrected chi connectivity index (χ1v) is 15.2. The van der Waals surface area contributed by atoms with Gasteiger partial charge in [-0.15, -0.1) is 0 Å². The molecule has 0 bridgehead atoms. The van der Waals surface area contributed by atoms with E-state index in [2.05, 4.69) is 5.32 Å². The number of nitrogens with one attached hydrogen (secondary N) is 1. The number of hydrogen-bond acceptors (Lipinski definition) is 5. The molecule has 4 rings (SSSR count). The summed E-state index contributed by atoms with van der Waals surface area (Å²) in [6.45, 7) is 0.965. The number of carbonyl (C=O) groups is 2. The van der Waals surface area contributed by atoms with Crippen molar-refractivity contribution in [3.63, 3.8) is 0 Å². The van der Waals surface area contributed by atoms with Crippen LogP contribution in [0.15, 0.2) is 83.8 Å². The number of nitrogens with zero attached hydrogens (tertiary/aromatic N) is 2. The molecular weight excluding hydrogens is 545 g/mol. The van der Waals surface area contributed by atoms with E-state index < -0.39 is 34.3 Å². The number of methoxy groups -OCH3 is 1. The molecule has 0 aliphatic heterocycles. The lowest BCUT2D eigenvalue weighted by molar-refractivity contribution is -0.139. The van der Waals surface area contributed by atoms with Crippen molar-refractivity contribution in [1.29, 1.82) is 0 Å². The molecule has 2 amide bonds. The van der Waals surface area contributed by atoms with Gasteiger partial charge in [-0.3, -0.25) is 13.9 Å². The highest BCUT2D eigenvalue weighted by Gasteiger charge is 2.34. The topological polar surface area (TPSA) is 96.0 Å². The molecule has 8 nitrogen and oxygen atoms in total. The Labute approximate surface area is 241 Å². The highest BCUT2D eigenvalue weighted by molar-refractivity contribution is 7.92. The summed E-state index contributed by atoms with van der Waals surface area (Å²) in [6, 6.07) is 19.1. The zero-order chi connectivity index (χ0) is 29.4. The van der Waals surface area contributed by atoms with Crippen LogP contribution >= 0.6 is 0 Å². The van der Waals surface area contributed by atoms with Gasteiger partial charge in [0.15, 0.2) is 0 Å². The number of sulfonamides is 1. The third kappa shape index (κ3) is 7.43. The summed E-state index contributed by atoms with van der Waals surface area (Å²) in [7, 11) is -2.78. The zero-order valence-corrected chi connectivity index (χ0v) is 24.1. The Bertz CT molecular complexity index is 1430. The molecule has 1 aliphatic rings. The lowest BCUT2D eigenvalue weighted by Gasteiger charge is -2.33. The fraction of sp³-hybridized carbons (Fsp3) is 0.355. The summed E-state index contributed by atoms with van der Waals surface area (Å²) in [5.74, 6) is -1.11. The molecule has 1 aliphatic carbocycles. The number of benzene rings is 3. The molecule has 1 atom stereocenters. The molecule has 41 heavy (non-hydrogen) atoms. The Kier molecular flexibility index (Phi) is 9.99. The predicted octanol–water partition coefficient (Wildman–Crippen LogP) is 4.90. The summed E-state index contributed by atoms with van der Waals surface area (Å²) in [5, 5.41) is 3.06. The smallest absolute Gasteiger partial charge is 0.264 e. The van der Waals surface area contributed by atoms with E-state index in [9.17, 15) is 22.4 Å². The number of anilines is 1. The quantitative estimate of drug-likeness (QED) is 0.348. The van der Waals surface area contributed by atoms with Crippen molar-refractivity contribution in [2.24, 2.45) is 0 Å². The highest BCUT2D eigenvalue weighted by Crippen LogP contribution is 2.27. The first-order chi connectivity index (χ1) is 19.7. The van der Waals surface area contributed by atoms with Gasteiger partial charge in [0.05, 0.1) is 17.7 Å². The van der Waals surface area contributed by atoms with E-state index in [0.29, 0.717) is 5.75 Å². The van der Waals surface area contributed by atoms with Crippen LogP contribution in [-0.2, 0) is 26.2 Å². The van der Waals surface area contributed by atoms with Crippen LogP contribution in [0.5, 0.6) is 5.75 Å². The number of rotatable bonds is 11. The maximum absolute atomic E-state index is 15.0. The second kappa shape index (κ2) is 13.6. The SMILES string of the molecule is COc1ccc(CN(C(=O)CN(c2ccccc2F)S(=O)(=O)c2ccccc2)[C@@H](C)C(=O)NC2CCCCC2)cc1. The van der Waals surface area contributed by atoms with E-state index in [1.165, 1.54) is 35.2 Å². The molecule has 218 valence electrons. The van der Waals surface area contributed by atoms with E-state index in [-0.39, 0.29) is 29.1 Å². The molecular formula is C31H36FN3O5S. The van der Waals surface area contributed by atoms with Crippen molar-refractivity contribution in [3.05, 3.63) is 90.2 Å². The standard InChI is InChI=1S/C31H36FN3O5S/c1-23(31(37)33-25-11-5-3-6-12-25)34(21-24-17-19-26(40-2)20-18-24)30(36)22-35(29-16-10-9-15-28(29)32)41(38,39)27-13-7-4-8-14-27/h4,7-10,13-20,23,25H,3,5-6,11-12,21-22H2,1-2H3,(H,33,37)/t23-/m0/s1. The molecule has 0 saturated heterocycles. The van der Waals surface area contributed by atoms with E-state index in [4.69, 9.17) is 4.74 Å². The number of carbonyl (C=O) groups excluding carboxylic acids is 2. The highest BCUT2D eigenvalue weighted by atomic mass is 32.2. The molecule has 1 fully saturated rings. The van der Waals surface area contributed by atoms with Gasteiger partial charge in [0.2, 0.25) is 11.8 Å². The average molecular weight is 582 g/mol. The monoisotopic (exact) mass is 581 g/mol. The summed E-state index contributed by atoms with van der Waals surface area (Å²) >= 11 is 0. The normalized spacial score (nSPS) is 14.6. The van der Waals surface area contributed by atoms with Crippen molar-refractivity contribution >= 4 is 27.5 Å². The second-order valence-corrected chi connectivity index (χ2v) is 12.0. The van der Waals surface area contributed by atoms with E-state index in [0.717, 1.165) is 48.0 Å². The fourth-order valence-electron chi connectivity index (χ4n) is 4.97. The molecule has 1 N–H and O–H groups in total. The Morgan fingerprint density at radius 1 is 0.951 bits per heavy atom. The molecule has 0 radical (unpaired) electrons. The zero-order valence-electron chi connectivity index (χ0n) is 23.3. The Balaban J connectivity index is 1.67. The van der Waals surface area contributed by atoms with Crippen LogP contribution in [0.25, 0.3) is 0 Å². The molecule has 0 unspecified atom stereocenters. The maximum Gasteiger partial charge on any atom is 0.264 e. The van der Waals surface area contributed by atoms with E-state index in [1.54, 1.807) is 56.5 Å². The Hall–Kier alpha value is -3.92. The lowest BCUT2D eigenvalue weighted by Crippen LogP contribution is -2.53. The molecule has 0 spiro atoms. The molecule has 0 aromatic heterocycles. The van der Waals surface area contributed by atoms with Crippen molar-refractivity contribution in [2.75, 3.05) is 18.0 Å². The molecule has 10 heteroatoms. The van der Waals surface area contributed by atoms with Gasteiger partial charge in [-0.25, -0.2) is 12.8 Å². The molecule has 3 aromatic rings. The van der Waals surface area contributed by atoms with Crippen LogP contribution in [0, 0.1) is 5.82 Å². The van der Waals surface area contributed by atoms with Crippen LogP contribution in [0.1, 0.15) is 44.6 Å². The van der Waals surface area contributed by atoms with Crippen molar-refractivity contribution in [2.45, 2.75) is 62.6 Å². The summed E-state index contributed by atoms with van der Waals surface area (Å²) < 4.78 is 48.5. The minimum absolute atomic E-state index is 0.0324. The molecule has 1 saturated carbocycles. The average Bonchev–Trinajstić information content (AvgIpc) is 3.00. The van der Waals surface area contributed by atoms with Gasteiger partial charge >= 0.3 is 0 Å². The van der Waals surface area contributed by atoms with Gasteiger partial charge in [-0.1, -0.05) is 61.7 Å². The van der Waals surface area contributed by atoms with Crippen LogP contribution in [0.3, 0.4) is 0 Å². The minimum atomic E-state index is -4.33. The van der Waals surface area contributed by atoms with E-state index in [1.807, 2.05) is 0 Å². The largest absolute Gasteiger partial charge is 0.497 e. The summed E-state index contributed by atoms with van der Waals surface area (Å²) in [4.78, 5) is 28.6. The van der Waals surface area contributed by atoms with Crippen LogP contribution in [0.2, 0.25) is 0 Å². The van der Waals surface area contributed by atoms with Gasteiger partial charge in [0.25, 0.3) is 10.0 Å². The van der Waals surface area contributed by atoms with Crippen molar-refractivity contribution in [1.82, 2.24) is 10.2 Å². The summed E-state index contributed by atoms with van der Waals surface area (Å²) in [5.41, 5.74) is 0.466. The van der Waals surface area contributed by atoms with Gasteiger partial charge in [0.1, 0.15) is 24.2 Å². The predicted molar refractivity (Wildman–Crippen MR) is 155 cm³/mol. The maximum atomic E-state index is 15.0. The fourth-order valence-corrected chi connectivity index (χ4v) is 6.41. The van der Waals surface area contributed by atoms with Gasteiger partial charge in [-0.2, -0.15) is 0 Å². The van der Waals surface area contributed by atoms with Crippen LogP contribution in [0.4, 0.5) is 10.1 Å². The number of hydrogen-bond donors (Lipinski definition) is 1. The number of para-hydroxylation sites is 1. The number of amides is 2. The first kappa shape index (κ1) is 30.0. The summed E-state index contributed by atoms with van der Waals surface area (Å²) in [6.07, 6.45) is 4.94. The van der Waals surface area contributed by atoms with Crippen molar-refractivity contribution in [3.8, 4) is 5.75 Å². The Morgan fingerprint density at radius 2 is 1.59 bits per heavy atom. The van der Waals surface area contributed by atoms with Crippen LogP contribution in [-0.4, -0.2) is 50.9 Å². The first-order valence-electron chi connectivity index (χ1n) is 13.8. The molecule has 3 aromatic carbocycles. The lowest BCUT2D eigenvalue weighted by atomic mass is 9.95. The van der Waals surface area contributed by atoms with E-state index >= 15 is 0 Å². The minimum Gasteiger partial charge on any atom is -0.497 e. The third-order valence-electron chi connectivity index (χ3n) is 7.36. The molecule has 0 heterocycles. The van der Waals surface area contributed by atoms with Gasteiger partial charge < -0.3 is 15.0 Å². The number of halogens is 1. The number of ether oxygens (including phenoxy) is 1. The van der Waals surface area contributed by atoms with Gasteiger partial charge in [0, 0.05) is 12.6 Å². The second-order valence-electron chi connectivity index (χ2n) is 10.2. The Morgan fingerprint density at radius 3 is 2.22 bits per heavy atom. The van der Waals surface area contributed by atoms with Gasteiger partial charge in [-0.05, 0) is 61.7 Å².